The molecule has 0 aliphatic carbocycles. The van der Waals surface area contributed by atoms with E-state index in [1.807, 2.05) is 74.0 Å². The second kappa shape index (κ2) is 11.7. The number of halogens is 1. The zero-order chi connectivity index (χ0) is 22.9. The van der Waals surface area contributed by atoms with Crippen molar-refractivity contribution in [1.29, 1.82) is 0 Å². The summed E-state index contributed by atoms with van der Waals surface area (Å²) >= 11 is 11.7. The Morgan fingerprint density at radius 2 is 1.81 bits per heavy atom. The van der Waals surface area contributed by atoms with E-state index in [1.54, 1.807) is 0 Å². The van der Waals surface area contributed by atoms with Crippen LogP contribution in [0.3, 0.4) is 0 Å². The van der Waals surface area contributed by atoms with Crippen LogP contribution in [0.2, 0.25) is 5.02 Å². The van der Waals surface area contributed by atoms with Crippen molar-refractivity contribution in [3.8, 4) is 11.5 Å². The van der Waals surface area contributed by atoms with Crippen molar-refractivity contribution in [2.75, 3.05) is 25.1 Å². The molecule has 170 valence electrons. The number of rotatable bonds is 10. The average Bonchev–Trinajstić information content (AvgIpc) is 3.10. The molecular formula is C24H29ClN4O2S. The summed E-state index contributed by atoms with van der Waals surface area (Å²) < 4.78 is 13.2. The van der Waals surface area contributed by atoms with Gasteiger partial charge in [-0.25, -0.2) is 0 Å². The van der Waals surface area contributed by atoms with Gasteiger partial charge in [0.05, 0.1) is 19.8 Å². The van der Waals surface area contributed by atoms with Gasteiger partial charge < -0.3 is 20.1 Å². The number of hydrogen-bond acceptors (Lipinski definition) is 4. The smallest absolute Gasteiger partial charge is 0.172 e. The first-order chi connectivity index (χ1) is 15.5. The van der Waals surface area contributed by atoms with Crippen molar-refractivity contribution in [3.05, 3.63) is 70.4 Å². The Labute approximate surface area is 199 Å². The summed E-state index contributed by atoms with van der Waals surface area (Å²) in [7, 11) is 0. The minimum atomic E-state index is 0.531. The van der Waals surface area contributed by atoms with Gasteiger partial charge >= 0.3 is 0 Å². The van der Waals surface area contributed by atoms with Gasteiger partial charge in [0.2, 0.25) is 0 Å². The van der Waals surface area contributed by atoms with E-state index in [1.165, 1.54) is 0 Å². The first-order valence-corrected chi connectivity index (χ1v) is 11.5. The average molecular weight is 473 g/mol. The fourth-order valence-electron chi connectivity index (χ4n) is 3.25. The highest BCUT2D eigenvalue weighted by atomic mass is 35.5. The molecule has 6 nitrogen and oxygen atoms in total. The molecule has 1 aromatic heterocycles. The predicted octanol–water partition coefficient (Wildman–Crippen LogP) is 5.22. The summed E-state index contributed by atoms with van der Waals surface area (Å²) in [6.07, 6.45) is 0.800. The molecule has 1 heterocycles. The predicted molar refractivity (Wildman–Crippen MR) is 134 cm³/mol. The van der Waals surface area contributed by atoms with Crippen LogP contribution in [-0.4, -0.2) is 34.7 Å². The van der Waals surface area contributed by atoms with Crippen molar-refractivity contribution >= 4 is 34.7 Å². The Bertz CT molecular complexity index is 1050. The molecule has 3 rings (SSSR count). The number of aryl methyl sites for hydroxylation is 1. The zero-order valence-electron chi connectivity index (χ0n) is 18.7. The largest absolute Gasteiger partial charge is 0.490 e. The van der Waals surface area contributed by atoms with Crippen LogP contribution in [0.5, 0.6) is 11.5 Å². The third-order valence-electron chi connectivity index (χ3n) is 4.81. The Morgan fingerprint density at radius 3 is 2.56 bits per heavy atom. The normalized spacial score (nSPS) is 10.6. The number of hydrogen-bond donors (Lipinski definition) is 2. The molecule has 0 saturated carbocycles. The number of nitrogens with one attached hydrogen (secondary N) is 2. The van der Waals surface area contributed by atoms with E-state index in [0.29, 0.717) is 37.2 Å². The minimum Gasteiger partial charge on any atom is -0.490 e. The van der Waals surface area contributed by atoms with E-state index < -0.39 is 0 Å². The molecule has 0 spiro atoms. The van der Waals surface area contributed by atoms with Crippen LogP contribution in [0, 0.1) is 6.92 Å². The van der Waals surface area contributed by atoms with Crippen LogP contribution in [0.4, 0.5) is 5.82 Å². The summed E-state index contributed by atoms with van der Waals surface area (Å²) in [6, 6.07) is 15.8. The van der Waals surface area contributed by atoms with Gasteiger partial charge in [-0.1, -0.05) is 35.9 Å². The molecule has 8 heteroatoms. The summed E-state index contributed by atoms with van der Waals surface area (Å²) in [4.78, 5) is 0. The van der Waals surface area contributed by atoms with Gasteiger partial charge in [-0.15, -0.1) is 0 Å². The topological polar surface area (TPSA) is 60.3 Å². The van der Waals surface area contributed by atoms with Crippen LogP contribution in [0.15, 0.2) is 48.5 Å². The molecule has 0 bridgehead atoms. The molecule has 0 atom stereocenters. The first kappa shape index (κ1) is 23.9. The Kier molecular flexibility index (Phi) is 8.76. The van der Waals surface area contributed by atoms with Crippen LogP contribution in [0.25, 0.3) is 0 Å². The Morgan fingerprint density at radius 1 is 1.06 bits per heavy atom. The lowest BCUT2D eigenvalue weighted by atomic mass is 10.1. The van der Waals surface area contributed by atoms with Crippen LogP contribution < -0.4 is 20.1 Å². The molecule has 0 radical (unpaired) electrons. The van der Waals surface area contributed by atoms with E-state index in [2.05, 4.69) is 15.7 Å². The highest BCUT2D eigenvalue weighted by molar-refractivity contribution is 7.80. The minimum absolute atomic E-state index is 0.531. The van der Waals surface area contributed by atoms with Crippen LogP contribution in [-0.2, 0) is 13.0 Å². The standard InChI is InChI=1S/C24H29ClN4O2S/c1-4-30-21-11-10-18(15-22(21)31-5-2)12-13-26-24(32)27-23-14-17(3)29(28-23)16-19-8-6-7-9-20(19)25/h6-11,14-15H,4-5,12-13,16H2,1-3H3,(H2,26,27,28,32). The maximum atomic E-state index is 6.27. The number of aromatic nitrogens is 2. The molecule has 0 saturated heterocycles. The SMILES string of the molecule is CCOc1ccc(CCNC(=S)Nc2cc(C)n(Cc3ccccc3Cl)n2)cc1OCC. The van der Waals surface area contributed by atoms with Crippen molar-refractivity contribution in [2.24, 2.45) is 0 Å². The van der Waals surface area contributed by atoms with Crippen molar-refractivity contribution < 1.29 is 9.47 Å². The van der Waals surface area contributed by atoms with Crippen molar-refractivity contribution in [2.45, 2.75) is 33.7 Å². The summed E-state index contributed by atoms with van der Waals surface area (Å²) in [6.45, 7) is 8.42. The van der Waals surface area contributed by atoms with Gasteiger partial charge in [0.1, 0.15) is 0 Å². The highest BCUT2D eigenvalue weighted by Crippen LogP contribution is 2.28. The maximum absolute atomic E-state index is 6.27. The second-order valence-electron chi connectivity index (χ2n) is 7.20. The summed E-state index contributed by atoms with van der Waals surface area (Å²) in [5.74, 6) is 2.24. The van der Waals surface area contributed by atoms with Crippen molar-refractivity contribution in [3.63, 3.8) is 0 Å². The molecule has 0 fully saturated rings. The number of thiocarbonyl (C=S) groups is 1. The highest BCUT2D eigenvalue weighted by Gasteiger charge is 2.09. The van der Waals surface area contributed by atoms with E-state index >= 15 is 0 Å². The van der Waals surface area contributed by atoms with Gasteiger partial charge in [-0.05, 0) is 68.7 Å². The second-order valence-corrected chi connectivity index (χ2v) is 8.01. The first-order valence-electron chi connectivity index (χ1n) is 10.7. The third kappa shape index (κ3) is 6.61. The van der Waals surface area contributed by atoms with E-state index in [-0.39, 0.29) is 0 Å². The lowest BCUT2D eigenvalue weighted by Gasteiger charge is -2.13. The maximum Gasteiger partial charge on any atom is 0.172 e. The lowest BCUT2D eigenvalue weighted by Crippen LogP contribution is -2.30. The molecular weight excluding hydrogens is 444 g/mol. The fourth-order valence-corrected chi connectivity index (χ4v) is 3.65. The molecule has 0 unspecified atom stereocenters. The van der Waals surface area contributed by atoms with Crippen molar-refractivity contribution in [1.82, 2.24) is 15.1 Å². The Balaban J connectivity index is 1.52. The molecule has 0 amide bonds. The molecule has 0 aliphatic heterocycles. The fraction of sp³-hybridized carbons (Fsp3) is 0.333. The van der Waals surface area contributed by atoms with E-state index in [0.717, 1.165) is 39.8 Å². The monoisotopic (exact) mass is 472 g/mol. The number of anilines is 1. The van der Waals surface area contributed by atoms with Crippen LogP contribution >= 0.6 is 23.8 Å². The van der Waals surface area contributed by atoms with Gasteiger partial charge in [0, 0.05) is 23.3 Å². The Hall–Kier alpha value is -2.77. The molecule has 32 heavy (non-hydrogen) atoms. The summed E-state index contributed by atoms with van der Waals surface area (Å²) in [5.41, 5.74) is 3.19. The summed E-state index contributed by atoms with van der Waals surface area (Å²) in [5, 5.41) is 12.3. The molecule has 2 N–H and O–H groups in total. The molecule has 2 aromatic carbocycles. The van der Waals surface area contributed by atoms with Gasteiger partial charge in [-0.2, -0.15) is 5.10 Å². The van der Waals surface area contributed by atoms with Gasteiger partial charge in [-0.3, -0.25) is 4.68 Å². The van der Waals surface area contributed by atoms with Gasteiger partial charge in [0.15, 0.2) is 22.4 Å². The van der Waals surface area contributed by atoms with E-state index in [4.69, 9.17) is 33.3 Å². The van der Waals surface area contributed by atoms with Crippen LogP contribution in [0.1, 0.15) is 30.7 Å². The number of ether oxygens (including phenoxy) is 2. The lowest BCUT2D eigenvalue weighted by molar-refractivity contribution is 0.287. The quantitative estimate of drug-likeness (QED) is 0.394. The van der Waals surface area contributed by atoms with Gasteiger partial charge in [0.25, 0.3) is 0 Å². The van der Waals surface area contributed by atoms with E-state index in [9.17, 15) is 0 Å². The molecule has 3 aromatic rings. The number of benzene rings is 2. The number of nitrogens with zero attached hydrogens (tertiary/aromatic N) is 2. The molecule has 0 aliphatic rings. The third-order valence-corrected chi connectivity index (χ3v) is 5.42. The zero-order valence-corrected chi connectivity index (χ0v) is 20.2.